The Balaban J connectivity index is 1.74. The summed E-state index contributed by atoms with van der Waals surface area (Å²) in [6, 6.07) is 16.2. The average molecular weight is 282 g/mol. The Bertz CT molecular complexity index is 637. The summed E-state index contributed by atoms with van der Waals surface area (Å²) < 4.78 is 5.66. The minimum atomic E-state index is -0.311. The highest BCUT2D eigenvalue weighted by Crippen LogP contribution is 2.33. The number of rotatable bonds is 4. The first-order valence-electron chi connectivity index (χ1n) is 7.08. The van der Waals surface area contributed by atoms with E-state index < -0.39 is 0 Å². The van der Waals surface area contributed by atoms with Gasteiger partial charge in [0.2, 0.25) is 5.91 Å². The van der Waals surface area contributed by atoms with Gasteiger partial charge in [-0.25, -0.2) is 0 Å². The first-order valence-corrected chi connectivity index (χ1v) is 7.08. The molecule has 1 atom stereocenters. The molecule has 4 heteroatoms. The number of anilines is 1. The number of ether oxygens (including phenoxy) is 1. The van der Waals surface area contributed by atoms with Crippen LogP contribution in [0.5, 0.6) is 5.75 Å². The van der Waals surface area contributed by atoms with Crippen molar-refractivity contribution >= 4 is 11.6 Å². The minimum Gasteiger partial charge on any atom is -0.493 e. The molecule has 0 spiro atoms. The van der Waals surface area contributed by atoms with Crippen LogP contribution in [0.2, 0.25) is 0 Å². The summed E-state index contributed by atoms with van der Waals surface area (Å²) in [5, 5.41) is 3.52. The van der Waals surface area contributed by atoms with Crippen molar-refractivity contribution in [2.45, 2.75) is 18.9 Å². The van der Waals surface area contributed by atoms with Gasteiger partial charge in [0, 0.05) is 17.7 Å². The van der Waals surface area contributed by atoms with Crippen LogP contribution in [0, 0.1) is 0 Å². The third-order valence-corrected chi connectivity index (χ3v) is 3.63. The first kappa shape index (κ1) is 13.5. The largest absolute Gasteiger partial charge is 0.493 e. The van der Waals surface area contributed by atoms with Crippen LogP contribution in [0.25, 0.3) is 0 Å². The standard InChI is InChI=1S/C17H18N2O2/c18-17(20)11-12-5-7-13(8-6-12)19-15-9-10-21-16-4-2-1-3-14(15)16/h1-8,15,19H,9-11H2,(H2,18,20). The van der Waals surface area contributed by atoms with Gasteiger partial charge in [-0.2, -0.15) is 0 Å². The van der Waals surface area contributed by atoms with Crippen molar-refractivity contribution in [3.8, 4) is 5.75 Å². The summed E-state index contributed by atoms with van der Waals surface area (Å²) in [5.41, 5.74) is 8.35. The maximum Gasteiger partial charge on any atom is 0.221 e. The molecule has 4 nitrogen and oxygen atoms in total. The van der Waals surface area contributed by atoms with Crippen molar-refractivity contribution in [2.75, 3.05) is 11.9 Å². The van der Waals surface area contributed by atoms with Crippen molar-refractivity contribution in [3.63, 3.8) is 0 Å². The third-order valence-electron chi connectivity index (χ3n) is 3.63. The molecule has 1 aliphatic rings. The van der Waals surface area contributed by atoms with Crippen LogP contribution in [-0.4, -0.2) is 12.5 Å². The zero-order chi connectivity index (χ0) is 14.7. The van der Waals surface area contributed by atoms with Crippen molar-refractivity contribution in [1.29, 1.82) is 0 Å². The number of carbonyl (C=O) groups excluding carboxylic acids is 1. The van der Waals surface area contributed by atoms with E-state index >= 15 is 0 Å². The van der Waals surface area contributed by atoms with Gasteiger partial charge in [0.25, 0.3) is 0 Å². The second-order valence-corrected chi connectivity index (χ2v) is 5.21. The zero-order valence-electron chi connectivity index (χ0n) is 11.7. The number of amides is 1. The molecule has 3 rings (SSSR count). The van der Waals surface area contributed by atoms with Crippen LogP contribution in [0.3, 0.4) is 0 Å². The lowest BCUT2D eigenvalue weighted by atomic mass is 10.00. The Morgan fingerprint density at radius 1 is 1.19 bits per heavy atom. The number of nitrogens with one attached hydrogen (secondary N) is 1. The van der Waals surface area contributed by atoms with E-state index in [0.717, 1.165) is 23.4 Å². The van der Waals surface area contributed by atoms with E-state index in [1.165, 1.54) is 5.56 Å². The van der Waals surface area contributed by atoms with Crippen molar-refractivity contribution in [1.82, 2.24) is 0 Å². The van der Waals surface area contributed by atoms with Crippen LogP contribution in [0.15, 0.2) is 48.5 Å². The summed E-state index contributed by atoms with van der Waals surface area (Å²) >= 11 is 0. The molecule has 0 aliphatic carbocycles. The number of para-hydroxylation sites is 1. The normalized spacial score (nSPS) is 16.7. The molecule has 1 heterocycles. The maximum atomic E-state index is 10.9. The molecule has 0 aromatic heterocycles. The number of carbonyl (C=O) groups is 1. The lowest BCUT2D eigenvalue weighted by Crippen LogP contribution is -2.20. The number of benzene rings is 2. The Labute approximate surface area is 123 Å². The Morgan fingerprint density at radius 2 is 1.95 bits per heavy atom. The molecule has 1 aliphatic heterocycles. The molecule has 0 fully saturated rings. The van der Waals surface area contributed by atoms with Crippen molar-refractivity contribution in [3.05, 3.63) is 59.7 Å². The molecule has 21 heavy (non-hydrogen) atoms. The van der Waals surface area contributed by atoms with Gasteiger partial charge in [0.05, 0.1) is 19.1 Å². The van der Waals surface area contributed by atoms with Gasteiger partial charge in [-0.05, 0) is 23.8 Å². The predicted molar refractivity (Wildman–Crippen MR) is 82.3 cm³/mol. The highest BCUT2D eigenvalue weighted by Gasteiger charge is 2.20. The molecule has 3 N–H and O–H groups in total. The monoisotopic (exact) mass is 282 g/mol. The summed E-state index contributed by atoms with van der Waals surface area (Å²) in [6.07, 6.45) is 1.21. The SMILES string of the molecule is NC(=O)Cc1ccc(NC2CCOc3ccccc32)cc1. The molecule has 1 unspecified atom stereocenters. The van der Waals surface area contributed by atoms with E-state index in [2.05, 4.69) is 11.4 Å². The molecule has 2 aromatic rings. The number of nitrogens with two attached hydrogens (primary N) is 1. The second kappa shape index (κ2) is 5.87. The van der Waals surface area contributed by atoms with Gasteiger partial charge in [-0.15, -0.1) is 0 Å². The summed E-state index contributed by atoms with van der Waals surface area (Å²) in [7, 11) is 0. The van der Waals surface area contributed by atoms with Crippen LogP contribution in [0.4, 0.5) is 5.69 Å². The fourth-order valence-corrected chi connectivity index (χ4v) is 2.61. The quantitative estimate of drug-likeness (QED) is 0.906. The number of primary amides is 1. The van der Waals surface area contributed by atoms with Crippen LogP contribution < -0.4 is 15.8 Å². The van der Waals surface area contributed by atoms with E-state index in [0.29, 0.717) is 6.61 Å². The first-order chi connectivity index (χ1) is 10.2. The molecule has 0 saturated carbocycles. The summed E-state index contributed by atoms with van der Waals surface area (Å²) in [5.74, 6) is 0.640. The van der Waals surface area contributed by atoms with Crippen molar-refractivity contribution < 1.29 is 9.53 Å². The third kappa shape index (κ3) is 3.16. The van der Waals surface area contributed by atoms with E-state index in [1.807, 2.05) is 42.5 Å². The minimum absolute atomic E-state index is 0.247. The van der Waals surface area contributed by atoms with Gasteiger partial charge < -0.3 is 15.8 Å². The second-order valence-electron chi connectivity index (χ2n) is 5.21. The molecule has 0 saturated heterocycles. The van der Waals surface area contributed by atoms with Crippen molar-refractivity contribution in [2.24, 2.45) is 5.73 Å². The summed E-state index contributed by atoms with van der Waals surface area (Å²) in [6.45, 7) is 0.717. The molecular weight excluding hydrogens is 264 g/mol. The molecular formula is C17H18N2O2. The predicted octanol–water partition coefficient (Wildman–Crippen LogP) is 2.65. The average Bonchev–Trinajstić information content (AvgIpc) is 2.49. The van der Waals surface area contributed by atoms with E-state index in [9.17, 15) is 4.79 Å². The van der Waals surface area contributed by atoms with Gasteiger partial charge in [0.1, 0.15) is 5.75 Å². The van der Waals surface area contributed by atoms with E-state index in [4.69, 9.17) is 10.5 Å². The Hall–Kier alpha value is -2.49. The van der Waals surface area contributed by atoms with Gasteiger partial charge in [0.15, 0.2) is 0 Å². The van der Waals surface area contributed by atoms with E-state index in [-0.39, 0.29) is 18.4 Å². The van der Waals surface area contributed by atoms with Crippen LogP contribution >= 0.6 is 0 Å². The van der Waals surface area contributed by atoms with Gasteiger partial charge in [-0.1, -0.05) is 30.3 Å². The van der Waals surface area contributed by atoms with E-state index in [1.54, 1.807) is 0 Å². The Morgan fingerprint density at radius 3 is 2.71 bits per heavy atom. The molecule has 0 radical (unpaired) electrons. The number of hydrogen-bond donors (Lipinski definition) is 2. The Kier molecular flexibility index (Phi) is 3.77. The van der Waals surface area contributed by atoms with Crippen LogP contribution in [-0.2, 0) is 11.2 Å². The number of fused-ring (bicyclic) bond motifs is 1. The molecule has 2 aromatic carbocycles. The lowest BCUT2D eigenvalue weighted by Gasteiger charge is -2.27. The van der Waals surface area contributed by atoms with Gasteiger partial charge in [-0.3, -0.25) is 4.79 Å². The van der Waals surface area contributed by atoms with Crippen LogP contribution in [0.1, 0.15) is 23.6 Å². The maximum absolute atomic E-state index is 10.9. The topological polar surface area (TPSA) is 64.4 Å². The van der Waals surface area contributed by atoms with Gasteiger partial charge >= 0.3 is 0 Å². The molecule has 108 valence electrons. The smallest absolute Gasteiger partial charge is 0.221 e. The zero-order valence-corrected chi connectivity index (χ0v) is 11.7. The summed E-state index contributed by atoms with van der Waals surface area (Å²) in [4.78, 5) is 10.9. The fraction of sp³-hybridized carbons (Fsp3) is 0.235. The molecule has 1 amide bonds. The number of hydrogen-bond acceptors (Lipinski definition) is 3. The highest BCUT2D eigenvalue weighted by atomic mass is 16.5. The lowest BCUT2D eigenvalue weighted by molar-refractivity contribution is -0.117. The fourth-order valence-electron chi connectivity index (χ4n) is 2.61. The molecule has 0 bridgehead atoms. The highest BCUT2D eigenvalue weighted by molar-refractivity contribution is 5.76.